The number of benzene rings is 2. The quantitative estimate of drug-likeness (QED) is 0.652. The van der Waals surface area contributed by atoms with E-state index in [9.17, 15) is 9.59 Å². The van der Waals surface area contributed by atoms with E-state index < -0.39 is 11.6 Å². The Balaban J connectivity index is 1.86. The summed E-state index contributed by atoms with van der Waals surface area (Å²) in [6.07, 6.45) is 0.162. The van der Waals surface area contributed by atoms with E-state index in [4.69, 9.17) is 10.8 Å². The molecule has 1 aliphatic heterocycles. The molecule has 0 bridgehead atoms. The van der Waals surface area contributed by atoms with Gasteiger partial charge in [-0.2, -0.15) is 0 Å². The molecule has 0 aromatic heterocycles. The van der Waals surface area contributed by atoms with Gasteiger partial charge in [0.2, 0.25) is 0 Å². The van der Waals surface area contributed by atoms with Gasteiger partial charge in [-0.25, -0.2) is 9.79 Å². The summed E-state index contributed by atoms with van der Waals surface area (Å²) in [6.45, 7) is 0.716. The van der Waals surface area contributed by atoms with Crippen molar-refractivity contribution < 1.29 is 14.7 Å². The summed E-state index contributed by atoms with van der Waals surface area (Å²) in [5, 5.41) is 10.9. The highest BCUT2D eigenvalue weighted by Gasteiger charge is 2.50. The highest BCUT2D eigenvalue weighted by atomic mass is 16.4. The van der Waals surface area contributed by atoms with Crippen LogP contribution in [0.5, 0.6) is 0 Å². The minimum absolute atomic E-state index is 0.180. The summed E-state index contributed by atoms with van der Waals surface area (Å²) in [6, 6.07) is 18.8. The molecule has 4 N–H and O–H groups in total. The predicted octanol–water partition coefficient (Wildman–Crippen LogP) is 2.13. The lowest BCUT2D eigenvalue weighted by Crippen LogP contribution is -2.44. The maximum Gasteiger partial charge on any atom is 0.404 e. The van der Waals surface area contributed by atoms with Gasteiger partial charge in [0.1, 0.15) is 0 Å². The first-order valence-corrected chi connectivity index (χ1v) is 8.81. The zero-order chi connectivity index (χ0) is 19.3. The molecular formula is C20H22N4O3. The van der Waals surface area contributed by atoms with Gasteiger partial charge in [-0.05, 0) is 24.0 Å². The van der Waals surface area contributed by atoms with Crippen molar-refractivity contribution >= 4 is 18.0 Å². The highest BCUT2D eigenvalue weighted by Crippen LogP contribution is 2.39. The van der Waals surface area contributed by atoms with E-state index in [-0.39, 0.29) is 11.9 Å². The molecule has 1 aliphatic rings. The Bertz CT molecular complexity index is 797. The Morgan fingerprint density at radius 2 is 1.59 bits per heavy atom. The number of carbonyl (C=O) groups is 2. The van der Waals surface area contributed by atoms with Gasteiger partial charge in [-0.3, -0.25) is 9.69 Å². The number of rotatable bonds is 7. The third kappa shape index (κ3) is 3.62. The smallest absolute Gasteiger partial charge is 0.404 e. The van der Waals surface area contributed by atoms with Crippen LogP contribution in [0.1, 0.15) is 24.0 Å². The molecule has 27 heavy (non-hydrogen) atoms. The van der Waals surface area contributed by atoms with Crippen LogP contribution in [-0.2, 0) is 10.3 Å². The largest absolute Gasteiger partial charge is 0.465 e. The van der Waals surface area contributed by atoms with Crippen molar-refractivity contribution in [2.24, 2.45) is 10.7 Å². The second-order valence-corrected chi connectivity index (χ2v) is 6.31. The molecule has 0 unspecified atom stereocenters. The zero-order valence-corrected chi connectivity index (χ0v) is 14.8. The Morgan fingerprint density at radius 1 is 1.04 bits per heavy atom. The SMILES string of the molecule is NC1=NC(c2ccccc2)(c2ccccc2)C(=O)N1CCCCNC(=O)O. The predicted molar refractivity (Wildman–Crippen MR) is 102 cm³/mol. The molecule has 1 heterocycles. The van der Waals surface area contributed by atoms with Gasteiger partial charge in [-0.1, -0.05) is 60.7 Å². The third-order valence-electron chi connectivity index (χ3n) is 4.58. The van der Waals surface area contributed by atoms with Gasteiger partial charge >= 0.3 is 6.09 Å². The van der Waals surface area contributed by atoms with Gasteiger partial charge in [0.15, 0.2) is 11.5 Å². The van der Waals surface area contributed by atoms with Crippen molar-refractivity contribution in [3.8, 4) is 0 Å². The lowest BCUT2D eigenvalue weighted by atomic mass is 9.83. The Labute approximate surface area is 157 Å². The number of hydrogen-bond acceptors (Lipinski definition) is 4. The number of hydrogen-bond donors (Lipinski definition) is 3. The van der Waals surface area contributed by atoms with Crippen LogP contribution in [0.4, 0.5) is 4.79 Å². The molecule has 0 aliphatic carbocycles. The molecule has 0 fully saturated rings. The summed E-state index contributed by atoms with van der Waals surface area (Å²) in [4.78, 5) is 30.0. The van der Waals surface area contributed by atoms with Crippen LogP contribution in [0.15, 0.2) is 65.7 Å². The maximum absolute atomic E-state index is 13.4. The van der Waals surface area contributed by atoms with E-state index in [1.165, 1.54) is 4.90 Å². The fraction of sp³-hybridized carbons (Fsp3) is 0.250. The van der Waals surface area contributed by atoms with Crippen LogP contribution in [-0.4, -0.2) is 41.1 Å². The average Bonchev–Trinajstić information content (AvgIpc) is 2.94. The normalized spacial score (nSPS) is 15.5. The number of unbranched alkanes of at least 4 members (excludes halogenated alkanes) is 1. The molecule has 2 aromatic rings. The van der Waals surface area contributed by atoms with Gasteiger partial charge in [0.25, 0.3) is 5.91 Å². The van der Waals surface area contributed by atoms with Gasteiger partial charge in [0.05, 0.1) is 0 Å². The fourth-order valence-electron chi connectivity index (χ4n) is 3.29. The lowest BCUT2D eigenvalue weighted by molar-refractivity contribution is -0.130. The minimum atomic E-state index is -1.19. The number of carboxylic acid groups (broad SMARTS) is 1. The summed E-state index contributed by atoms with van der Waals surface area (Å²) >= 11 is 0. The van der Waals surface area contributed by atoms with Crippen LogP contribution in [0, 0.1) is 0 Å². The molecule has 0 radical (unpaired) electrons. The number of amides is 2. The number of guanidine groups is 1. The van der Waals surface area contributed by atoms with Crippen molar-refractivity contribution in [3.05, 3.63) is 71.8 Å². The highest BCUT2D eigenvalue weighted by molar-refractivity contribution is 6.09. The topological polar surface area (TPSA) is 108 Å². The Kier molecular flexibility index (Phi) is 5.40. The number of nitrogens with zero attached hydrogens (tertiary/aromatic N) is 2. The number of nitrogens with two attached hydrogens (primary N) is 1. The molecular weight excluding hydrogens is 344 g/mol. The summed E-state index contributed by atoms with van der Waals surface area (Å²) in [5.41, 5.74) is 6.47. The van der Waals surface area contributed by atoms with Crippen molar-refractivity contribution in [1.82, 2.24) is 10.2 Å². The molecule has 7 nitrogen and oxygen atoms in total. The van der Waals surface area contributed by atoms with E-state index in [0.29, 0.717) is 25.9 Å². The Morgan fingerprint density at radius 3 is 2.11 bits per heavy atom. The molecule has 7 heteroatoms. The molecule has 0 spiro atoms. The van der Waals surface area contributed by atoms with Crippen LogP contribution >= 0.6 is 0 Å². The van der Waals surface area contributed by atoms with Crippen LogP contribution in [0.25, 0.3) is 0 Å². The molecule has 140 valence electrons. The lowest BCUT2D eigenvalue weighted by Gasteiger charge is -2.27. The molecule has 2 amide bonds. The number of carbonyl (C=O) groups excluding carboxylic acids is 1. The zero-order valence-electron chi connectivity index (χ0n) is 14.8. The van der Waals surface area contributed by atoms with E-state index >= 15 is 0 Å². The second-order valence-electron chi connectivity index (χ2n) is 6.31. The first-order chi connectivity index (χ1) is 13.1. The molecule has 0 saturated carbocycles. The van der Waals surface area contributed by atoms with Crippen molar-refractivity contribution in [2.75, 3.05) is 13.1 Å². The second kappa shape index (κ2) is 7.90. The van der Waals surface area contributed by atoms with Crippen LogP contribution in [0.2, 0.25) is 0 Å². The molecule has 3 rings (SSSR count). The standard InChI is InChI=1S/C20H22N4O3/c21-18-23-20(15-9-3-1-4-10-15,16-11-5-2-6-12-16)17(25)24(18)14-8-7-13-22-19(26)27/h1-6,9-12,22H,7-8,13-14H2,(H2,21,23)(H,26,27). The van der Waals surface area contributed by atoms with E-state index in [1.54, 1.807) is 0 Å². The van der Waals surface area contributed by atoms with Crippen LogP contribution < -0.4 is 11.1 Å². The molecule has 0 saturated heterocycles. The summed E-state index contributed by atoms with van der Waals surface area (Å²) in [7, 11) is 0. The van der Waals surface area contributed by atoms with Gasteiger partial charge < -0.3 is 16.2 Å². The number of nitrogens with one attached hydrogen (secondary N) is 1. The van der Waals surface area contributed by atoms with Crippen molar-refractivity contribution in [2.45, 2.75) is 18.4 Å². The monoisotopic (exact) mass is 366 g/mol. The first-order valence-electron chi connectivity index (χ1n) is 8.81. The van der Waals surface area contributed by atoms with Crippen molar-refractivity contribution in [1.29, 1.82) is 0 Å². The maximum atomic E-state index is 13.4. The van der Waals surface area contributed by atoms with Gasteiger partial charge in [0, 0.05) is 13.1 Å². The summed E-state index contributed by atoms with van der Waals surface area (Å²) in [5.74, 6) is -0.0116. The van der Waals surface area contributed by atoms with Crippen LogP contribution in [0.3, 0.4) is 0 Å². The van der Waals surface area contributed by atoms with E-state index in [2.05, 4.69) is 10.3 Å². The minimum Gasteiger partial charge on any atom is -0.465 e. The van der Waals surface area contributed by atoms with Crippen molar-refractivity contribution in [3.63, 3.8) is 0 Å². The number of aliphatic imine (C=N–C) groups is 1. The van der Waals surface area contributed by atoms with E-state index in [1.807, 2.05) is 60.7 Å². The molecule has 2 aromatic carbocycles. The summed E-state index contributed by atoms with van der Waals surface area (Å²) < 4.78 is 0. The average molecular weight is 366 g/mol. The first kappa shape index (κ1) is 18.4. The fourth-order valence-corrected chi connectivity index (χ4v) is 3.29. The van der Waals surface area contributed by atoms with E-state index in [0.717, 1.165) is 11.1 Å². The third-order valence-corrected chi connectivity index (χ3v) is 4.58. The Hall–Kier alpha value is -3.35. The van der Waals surface area contributed by atoms with Gasteiger partial charge in [-0.15, -0.1) is 0 Å². The molecule has 0 atom stereocenters.